The Hall–Kier alpha value is -3.59. The average molecular weight is 407 g/mol. The first-order valence-corrected chi connectivity index (χ1v) is 9.90. The van der Waals surface area contributed by atoms with Crippen LogP contribution in [0, 0.1) is 0 Å². The summed E-state index contributed by atoms with van der Waals surface area (Å²) in [6.07, 6.45) is 1.98. The average Bonchev–Trinajstić information content (AvgIpc) is 3.17. The van der Waals surface area contributed by atoms with Crippen molar-refractivity contribution in [3.63, 3.8) is 0 Å². The van der Waals surface area contributed by atoms with Crippen molar-refractivity contribution < 1.29 is 4.79 Å². The lowest BCUT2D eigenvalue weighted by atomic mass is 10.1. The summed E-state index contributed by atoms with van der Waals surface area (Å²) in [5, 5.41) is 6.38. The number of aromatic nitrogens is 4. The second kappa shape index (κ2) is 7.80. The van der Waals surface area contributed by atoms with Crippen LogP contribution in [-0.2, 0) is 6.54 Å². The van der Waals surface area contributed by atoms with Crippen LogP contribution in [0.1, 0.15) is 23.8 Å². The van der Waals surface area contributed by atoms with Crippen LogP contribution in [0.2, 0.25) is 0 Å². The van der Waals surface area contributed by atoms with Crippen LogP contribution in [0.3, 0.4) is 0 Å². The molecule has 0 bridgehead atoms. The Labute approximate surface area is 169 Å². The molecule has 4 aromatic rings. The van der Waals surface area contributed by atoms with Crippen molar-refractivity contribution in [2.24, 2.45) is 0 Å². The predicted molar refractivity (Wildman–Crippen MR) is 112 cm³/mol. The van der Waals surface area contributed by atoms with E-state index in [2.05, 4.69) is 15.5 Å². The highest BCUT2D eigenvalue weighted by Crippen LogP contribution is 2.30. The molecule has 0 spiro atoms. The number of carbonyl (C=O) groups excluding carboxylic acids is 1. The Morgan fingerprint density at radius 1 is 1.14 bits per heavy atom. The minimum Gasteiger partial charge on any atom is -0.268 e. The first-order valence-electron chi connectivity index (χ1n) is 9.02. The Morgan fingerprint density at radius 2 is 1.93 bits per heavy atom. The van der Waals surface area contributed by atoms with Crippen molar-refractivity contribution in [3.05, 3.63) is 80.6 Å². The van der Waals surface area contributed by atoms with Crippen LogP contribution in [0.25, 0.3) is 21.3 Å². The summed E-state index contributed by atoms with van der Waals surface area (Å²) in [7, 11) is 0. The summed E-state index contributed by atoms with van der Waals surface area (Å²) >= 11 is 1.37. The van der Waals surface area contributed by atoms with E-state index in [-0.39, 0.29) is 16.8 Å². The number of amides is 1. The van der Waals surface area contributed by atoms with Gasteiger partial charge < -0.3 is 0 Å². The van der Waals surface area contributed by atoms with Crippen LogP contribution in [0.5, 0.6) is 0 Å². The molecule has 0 saturated carbocycles. The second-order valence-corrected chi connectivity index (χ2v) is 7.19. The smallest absolute Gasteiger partial charge is 0.268 e. The van der Waals surface area contributed by atoms with E-state index in [1.807, 2.05) is 42.6 Å². The van der Waals surface area contributed by atoms with E-state index in [0.29, 0.717) is 23.2 Å². The summed E-state index contributed by atoms with van der Waals surface area (Å²) in [6.45, 7) is 2.31. The lowest BCUT2D eigenvalue weighted by Crippen LogP contribution is -2.35. The Balaban J connectivity index is 1.71. The highest BCUT2D eigenvalue weighted by Gasteiger charge is 2.16. The SMILES string of the molecule is CCCn1nc(C(=O)Nn2cnc3scc(-c4ccccc4)c3c2=O)ccc1=O. The van der Waals surface area contributed by atoms with Gasteiger partial charge in [0.2, 0.25) is 0 Å². The summed E-state index contributed by atoms with van der Waals surface area (Å²) in [5.41, 5.74) is 3.54. The minimum atomic E-state index is -0.602. The van der Waals surface area contributed by atoms with E-state index in [0.717, 1.165) is 15.8 Å². The number of hydrogen-bond acceptors (Lipinski definition) is 6. The number of thiophene rings is 1. The molecule has 1 N–H and O–H groups in total. The largest absolute Gasteiger partial charge is 0.290 e. The molecule has 0 radical (unpaired) electrons. The van der Waals surface area contributed by atoms with Crippen LogP contribution in [0.4, 0.5) is 0 Å². The van der Waals surface area contributed by atoms with Gasteiger partial charge in [-0.15, -0.1) is 11.3 Å². The highest BCUT2D eigenvalue weighted by molar-refractivity contribution is 7.17. The lowest BCUT2D eigenvalue weighted by Gasteiger charge is -2.09. The van der Waals surface area contributed by atoms with Crippen molar-refractivity contribution in [2.45, 2.75) is 19.9 Å². The minimum absolute atomic E-state index is 0.0404. The molecule has 0 saturated heterocycles. The molecule has 3 heterocycles. The summed E-state index contributed by atoms with van der Waals surface area (Å²) < 4.78 is 2.27. The molecular formula is C20H17N5O3S. The molecule has 1 aromatic carbocycles. The number of benzene rings is 1. The van der Waals surface area contributed by atoms with E-state index >= 15 is 0 Å². The zero-order valence-electron chi connectivity index (χ0n) is 15.5. The van der Waals surface area contributed by atoms with E-state index in [9.17, 15) is 14.4 Å². The van der Waals surface area contributed by atoms with Gasteiger partial charge in [-0.25, -0.2) is 14.3 Å². The quantitative estimate of drug-likeness (QED) is 0.548. The van der Waals surface area contributed by atoms with Gasteiger partial charge in [0.25, 0.3) is 17.0 Å². The zero-order valence-corrected chi connectivity index (χ0v) is 16.3. The maximum absolute atomic E-state index is 13.0. The normalized spacial score (nSPS) is 10.9. The molecule has 0 fully saturated rings. The fourth-order valence-corrected chi connectivity index (χ4v) is 3.86. The van der Waals surface area contributed by atoms with E-state index < -0.39 is 5.91 Å². The molecule has 9 heteroatoms. The van der Waals surface area contributed by atoms with Crippen LogP contribution < -0.4 is 16.5 Å². The highest BCUT2D eigenvalue weighted by atomic mass is 32.1. The summed E-state index contributed by atoms with van der Waals surface area (Å²) in [5.74, 6) is -0.602. The second-order valence-electron chi connectivity index (χ2n) is 6.34. The van der Waals surface area contributed by atoms with Gasteiger partial charge >= 0.3 is 0 Å². The molecular weight excluding hydrogens is 390 g/mol. The third kappa shape index (κ3) is 3.59. The number of nitrogens with zero attached hydrogens (tertiary/aromatic N) is 4. The number of nitrogens with one attached hydrogen (secondary N) is 1. The molecule has 0 aliphatic carbocycles. The standard InChI is InChI=1S/C20H17N5O3S/c1-2-10-24-16(26)9-8-15(22-24)18(27)23-25-12-21-19-17(20(25)28)14(11-29-19)13-6-4-3-5-7-13/h3-9,11-12H,2,10H2,1H3,(H,23,27). The number of rotatable bonds is 5. The fraction of sp³-hybridized carbons (Fsp3) is 0.150. The maximum atomic E-state index is 13.0. The first kappa shape index (κ1) is 18.8. The van der Waals surface area contributed by atoms with Gasteiger partial charge in [0.1, 0.15) is 11.2 Å². The van der Waals surface area contributed by atoms with Crippen LogP contribution in [0.15, 0.2) is 63.8 Å². The number of fused-ring (bicyclic) bond motifs is 1. The Kier molecular flexibility index (Phi) is 5.05. The Morgan fingerprint density at radius 3 is 2.69 bits per heavy atom. The van der Waals surface area contributed by atoms with Gasteiger partial charge in [-0.1, -0.05) is 37.3 Å². The third-order valence-electron chi connectivity index (χ3n) is 4.34. The summed E-state index contributed by atoms with van der Waals surface area (Å²) in [4.78, 5) is 42.3. The number of carbonyl (C=O) groups is 1. The topological polar surface area (TPSA) is 98.9 Å². The van der Waals surface area contributed by atoms with E-state index in [1.54, 1.807) is 0 Å². The molecule has 3 aromatic heterocycles. The van der Waals surface area contributed by atoms with Gasteiger partial charge in [-0.3, -0.25) is 19.8 Å². The molecule has 0 aliphatic heterocycles. The molecule has 0 unspecified atom stereocenters. The molecule has 8 nitrogen and oxygen atoms in total. The van der Waals surface area contributed by atoms with Gasteiger partial charge in [0.15, 0.2) is 5.69 Å². The fourth-order valence-electron chi connectivity index (χ4n) is 2.95. The third-order valence-corrected chi connectivity index (χ3v) is 5.22. The molecule has 1 amide bonds. The number of hydrogen-bond donors (Lipinski definition) is 1. The van der Waals surface area contributed by atoms with Crippen molar-refractivity contribution >= 4 is 27.5 Å². The Bertz CT molecular complexity index is 1310. The zero-order chi connectivity index (χ0) is 20.4. The van der Waals surface area contributed by atoms with Crippen molar-refractivity contribution in [1.29, 1.82) is 0 Å². The maximum Gasteiger partial charge on any atom is 0.290 e. The summed E-state index contributed by atoms with van der Waals surface area (Å²) in [6, 6.07) is 12.1. The van der Waals surface area contributed by atoms with Crippen LogP contribution >= 0.6 is 11.3 Å². The monoisotopic (exact) mass is 407 g/mol. The predicted octanol–water partition coefficient (Wildman–Crippen LogP) is 2.48. The van der Waals surface area contributed by atoms with Gasteiger partial charge in [0, 0.05) is 23.6 Å². The van der Waals surface area contributed by atoms with Gasteiger partial charge in [-0.2, -0.15) is 5.10 Å². The van der Waals surface area contributed by atoms with E-state index in [4.69, 9.17) is 0 Å². The lowest BCUT2D eigenvalue weighted by molar-refractivity contribution is 0.0999. The first-order chi connectivity index (χ1) is 14.1. The molecule has 29 heavy (non-hydrogen) atoms. The molecule has 146 valence electrons. The molecule has 0 aliphatic rings. The van der Waals surface area contributed by atoms with Crippen molar-refractivity contribution in [3.8, 4) is 11.1 Å². The molecule has 0 atom stereocenters. The van der Waals surface area contributed by atoms with Gasteiger partial charge in [0.05, 0.1) is 5.39 Å². The van der Waals surface area contributed by atoms with Gasteiger partial charge in [-0.05, 0) is 18.1 Å². The van der Waals surface area contributed by atoms with E-state index in [1.165, 1.54) is 34.5 Å². The number of aryl methyl sites for hydroxylation is 1. The van der Waals surface area contributed by atoms with Crippen molar-refractivity contribution in [1.82, 2.24) is 19.4 Å². The van der Waals surface area contributed by atoms with Crippen molar-refractivity contribution in [2.75, 3.05) is 5.43 Å². The van der Waals surface area contributed by atoms with Crippen LogP contribution in [-0.4, -0.2) is 25.3 Å². The molecule has 4 rings (SSSR count).